The number of ether oxygens (including phenoxy) is 1. The molecule has 0 spiro atoms. The largest absolute Gasteiger partial charge is 0.381 e. The van der Waals surface area contributed by atoms with E-state index >= 15 is 0 Å². The summed E-state index contributed by atoms with van der Waals surface area (Å²) in [4.78, 5) is 15.9. The van der Waals surface area contributed by atoms with Crippen LogP contribution in [-0.4, -0.2) is 29.3 Å². The second-order valence-electron chi connectivity index (χ2n) is 4.31. The zero-order chi connectivity index (χ0) is 12.1. The van der Waals surface area contributed by atoms with Gasteiger partial charge in [0.1, 0.15) is 0 Å². The second kappa shape index (κ2) is 5.82. The van der Waals surface area contributed by atoms with Crippen LogP contribution in [0.4, 0.5) is 5.82 Å². The summed E-state index contributed by atoms with van der Waals surface area (Å²) in [7, 11) is 0. The van der Waals surface area contributed by atoms with Gasteiger partial charge in [-0.1, -0.05) is 0 Å². The fourth-order valence-electron chi connectivity index (χ4n) is 2.02. The number of nitrogens with zero attached hydrogens (tertiary/aromatic N) is 2. The molecule has 17 heavy (non-hydrogen) atoms. The Hall–Kier alpha value is -1.36. The Kier molecular flexibility index (Phi) is 4.14. The molecule has 1 atom stereocenters. The minimum absolute atomic E-state index is 0.0438. The van der Waals surface area contributed by atoms with E-state index in [9.17, 15) is 4.79 Å². The third kappa shape index (κ3) is 3.06. The molecule has 2 heterocycles. The van der Waals surface area contributed by atoms with Crippen LogP contribution in [0.15, 0.2) is 17.2 Å². The highest BCUT2D eigenvalue weighted by Gasteiger charge is 2.15. The fourth-order valence-corrected chi connectivity index (χ4v) is 2.02. The van der Waals surface area contributed by atoms with Gasteiger partial charge < -0.3 is 14.6 Å². The molecular formula is C12H19N3O2. The maximum Gasteiger partial charge on any atom is 0.293 e. The Morgan fingerprint density at radius 3 is 3.24 bits per heavy atom. The summed E-state index contributed by atoms with van der Waals surface area (Å²) < 4.78 is 6.96. The van der Waals surface area contributed by atoms with E-state index in [1.165, 1.54) is 0 Å². The van der Waals surface area contributed by atoms with Crippen molar-refractivity contribution in [3.8, 4) is 0 Å². The molecule has 1 unspecified atom stereocenters. The van der Waals surface area contributed by atoms with Gasteiger partial charge in [-0.2, -0.15) is 0 Å². The molecule has 5 heteroatoms. The highest BCUT2D eigenvalue weighted by atomic mass is 16.5. The number of aromatic nitrogens is 2. The molecule has 0 radical (unpaired) electrons. The molecule has 0 aromatic carbocycles. The van der Waals surface area contributed by atoms with Gasteiger partial charge in [0.2, 0.25) is 0 Å². The van der Waals surface area contributed by atoms with Crippen molar-refractivity contribution in [1.29, 1.82) is 0 Å². The highest BCUT2D eigenvalue weighted by molar-refractivity contribution is 5.30. The van der Waals surface area contributed by atoms with Crippen molar-refractivity contribution >= 4 is 5.82 Å². The number of hydrogen-bond acceptors (Lipinski definition) is 4. The molecule has 2 rings (SSSR count). The molecular weight excluding hydrogens is 218 g/mol. The number of anilines is 1. The van der Waals surface area contributed by atoms with E-state index in [1.807, 2.05) is 6.92 Å². The average molecular weight is 237 g/mol. The molecule has 1 N–H and O–H groups in total. The van der Waals surface area contributed by atoms with E-state index in [2.05, 4.69) is 10.3 Å². The first-order chi connectivity index (χ1) is 8.31. The van der Waals surface area contributed by atoms with E-state index in [1.54, 1.807) is 17.0 Å². The molecule has 1 fully saturated rings. The first-order valence-corrected chi connectivity index (χ1v) is 6.18. The van der Waals surface area contributed by atoms with Crippen molar-refractivity contribution in [3.63, 3.8) is 0 Å². The molecule has 5 nitrogen and oxygen atoms in total. The van der Waals surface area contributed by atoms with E-state index < -0.39 is 0 Å². The molecule has 1 aromatic heterocycles. The van der Waals surface area contributed by atoms with Crippen molar-refractivity contribution < 1.29 is 4.74 Å². The second-order valence-corrected chi connectivity index (χ2v) is 4.31. The topological polar surface area (TPSA) is 56.1 Å². The lowest BCUT2D eigenvalue weighted by Gasteiger charge is -2.09. The minimum Gasteiger partial charge on any atom is -0.381 e. The van der Waals surface area contributed by atoms with E-state index in [0.29, 0.717) is 18.3 Å². The number of nitrogens with one attached hydrogen (secondary N) is 1. The lowest BCUT2D eigenvalue weighted by molar-refractivity contribution is 0.185. The van der Waals surface area contributed by atoms with Crippen molar-refractivity contribution in [2.24, 2.45) is 5.92 Å². The van der Waals surface area contributed by atoms with Crippen molar-refractivity contribution in [3.05, 3.63) is 22.7 Å². The van der Waals surface area contributed by atoms with Crippen LogP contribution in [0.3, 0.4) is 0 Å². The summed E-state index contributed by atoms with van der Waals surface area (Å²) in [5, 5.41) is 3.11. The van der Waals surface area contributed by atoms with Gasteiger partial charge in [0.05, 0.1) is 0 Å². The zero-order valence-corrected chi connectivity index (χ0v) is 10.2. The Labute approximate surface area is 101 Å². The summed E-state index contributed by atoms with van der Waals surface area (Å²) in [6, 6.07) is 0. The van der Waals surface area contributed by atoms with Gasteiger partial charge in [-0.15, -0.1) is 0 Å². The zero-order valence-electron chi connectivity index (χ0n) is 10.2. The van der Waals surface area contributed by atoms with Crippen LogP contribution in [0.1, 0.15) is 19.8 Å². The SMILES string of the molecule is CCn1ccnc(NCCC2CCOC2)c1=O. The fraction of sp³-hybridized carbons (Fsp3) is 0.667. The van der Waals surface area contributed by atoms with E-state index in [-0.39, 0.29) is 5.56 Å². The minimum atomic E-state index is -0.0438. The predicted octanol–water partition coefficient (Wildman–Crippen LogP) is 1.10. The Morgan fingerprint density at radius 2 is 2.53 bits per heavy atom. The third-order valence-corrected chi connectivity index (χ3v) is 3.12. The van der Waals surface area contributed by atoms with E-state index in [0.717, 1.165) is 32.6 Å². The maximum absolute atomic E-state index is 11.8. The summed E-state index contributed by atoms with van der Waals surface area (Å²) >= 11 is 0. The van der Waals surface area contributed by atoms with Gasteiger partial charge in [-0.05, 0) is 25.7 Å². The van der Waals surface area contributed by atoms with Crippen LogP contribution in [-0.2, 0) is 11.3 Å². The van der Waals surface area contributed by atoms with Gasteiger partial charge in [-0.25, -0.2) is 4.98 Å². The van der Waals surface area contributed by atoms with Crippen molar-refractivity contribution in [2.75, 3.05) is 25.1 Å². The predicted molar refractivity (Wildman–Crippen MR) is 66.2 cm³/mol. The standard InChI is InChI=1S/C12H19N3O2/c1-2-15-7-6-14-11(12(15)16)13-5-3-10-4-8-17-9-10/h6-7,10H,2-5,8-9H2,1H3,(H,13,14). The van der Waals surface area contributed by atoms with Crippen LogP contribution in [0.5, 0.6) is 0 Å². The molecule has 0 aliphatic carbocycles. The summed E-state index contributed by atoms with van der Waals surface area (Å²) in [5.41, 5.74) is -0.0438. The van der Waals surface area contributed by atoms with Crippen LogP contribution in [0.2, 0.25) is 0 Å². The molecule has 0 bridgehead atoms. The van der Waals surface area contributed by atoms with Gasteiger partial charge in [-0.3, -0.25) is 4.79 Å². The van der Waals surface area contributed by atoms with Gasteiger partial charge >= 0.3 is 0 Å². The number of rotatable bonds is 5. The lowest BCUT2D eigenvalue weighted by atomic mass is 10.1. The highest BCUT2D eigenvalue weighted by Crippen LogP contribution is 2.15. The summed E-state index contributed by atoms with van der Waals surface area (Å²) in [6.45, 7) is 5.12. The average Bonchev–Trinajstić information content (AvgIpc) is 2.84. The molecule has 1 aliphatic rings. The van der Waals surface area contributed by atoms with Gasteiger partial charge in [0.25, 0.3) is 5.56 Å². The Bertz CT molecular complexity index is 410. The van der Waals surface area contributed by atoms with E-state index in [4.69, 9.17) is 4.74 Å². The van der Waals surface area contributed by atoms with Gasteiger partial charge in [0, 0.05) is 38.7 Å². The summed E-state index contributed by atoms with van der Waals surface area (Å²) in [6.07, 6.45) is 5.52. The van der Waals surface area contributed by atoms with Crippen LogP contribution >= 0.6 is 0 Å². The van der Waals surface area contributed by atoms with Crippen LogP contribution in [0, 0.1) is 5.92 Å². The van der Waals surface area contributed by atoms with Crippen molar-refractivity contribution in [1.82, 2.24) is 9.55 Å². The molecule has 1 aliphatic heterocycles. The number of hydrogen-bond donors (Lipinski definition) is 1. The monoisotopic (exact) mass is 237 g/mol. The Balaban J connectivity index is 1.88. The Morgan fingerprint density at radius 1 is 1.65 bits per heavy atom. The molecule has 1 saturated heterocycles. The lowest BCUT2D eigenvalue weighted by Crippen LogP contribution is -2.24. The molecule has 1 aromatic rings. The van der Waals surface area contributed by atoms with Gasteiger partial charge in [0.15, 0.2) is 5.82 Å². The van der Waals surface area contributed by atoms with Crippen LogP contribution < -0.4 is 10.9 Å². The quantitative estimate of drug-likeness (QED) is 0.833. The summed E-state index contributed by atoms with van der Waals surface area (Å²) in [5.74, 6) is 1.08. The molecule has 94 valence electrons. The third-order valence-electron chi connectivity index (χ3n) is 3.12. The molecule has 0 amide bonds. The van der Waals surface area contributed by atoms with Crippen LogP contribution in [0.25, 0.3) is 0 Å². The normalized spacial score (nSPS) is 19.5. The maximum atomic E-state index is 11.8. The first kappa shape index (κ1) is 12.1. The smallest absolute Gasteiger partial charge is 0.293 e. The number of aryl methyl sites for hydroxylation is 1. The van der Waals surface area contributed by atoms with Crippen molar-refractivity contribution in [2.45, 2.75) is 26.3 Å². The first-order valence-electron chi connectivity index (χ1n) is 6.18. The molecule has 0 saturated carbocycles.